The highest BCUT2D eigenvalue weighted by molar-refractivity contribution is 6.08. The number of hydrogen-bond donors (Lipinski definition) is 0. The largest absolute Gasteiger partial charge is 0.314 e. The minimum atomic E-state index is -0.682. The number of halogens is 2. The topological polar surface area (TPSA) is 66.4 Å². The molecule has 0 aliphatic carbocycles. The molecule has 0 atom stereocenters. The zero-order valence-electron chi connectivity index (χ0n) is 23.3. The summed E-state index contributed by atoms with van der Waals surface area (Å²) in [6.45, 7) is 7.29. The van der Waals surface area contributed by atoms with E-state index in [1.165, 1.54) is 12.1 Å². The van der Waals surface area contributed by atoms with E-state index in [-0.39, 0.29) is 23.4 Å². The molecule has 0 radical (unpaired) electrons. The summed E-state index contributed by atoms with van der Waals surface area (Å²) in [5, 5.41) is 0. The number of pyridine rings is 2. The second-order valence-electron chi connectivity index (χ2n) is 11.2. The second-order valence-corrected chi connectivity index (χ2v) is 11.2. The first-order valence-corrected chi connectivity index (χ1v) is 12.9. The van der Waals surface area contributed by atoms with Gasteiger partial charge in [0.15, 0.2) is 0 Å². The van der Waals surface area contributed by atoms with Crippen LogP contribution in [0.25, 0.3) is 22.3 Å². The predicted molar refractivity (Wildman–Crippen MR) is 152 cm³/mol. The van der Waals surface area contributed by atoms with Crippen molar-refractivity contribution in [2.45, 2.75) is 38.5 Å². The van der Waals surface area contributed by atoms with Gasteiger partial charge in [0.1, 0.15) is 11.6 Å². The molecule has 2 amide bonds. The van der Waals surface area contributed by atoms with Gasteiger partial charge < -0.3 is 9.80 Å². The van der Waals surface area contributed by atoms with Gasteiger partial charge in [-0.05, 0) is 86.8 Å². The van der Waals surface area contributed by atoms with Crippen LogP contribution < -0.4 is 9.80 Å². The monoisotopic (exact) mass is 540 g/mol. The van der Waals surface area contributed by atoms with Gasteiger partial charge in [-0.2, -0.15) is 0 Å². The fraction of sp³-hybridized carbons (Fsp3) is 0.250. The maximum Gasteiger partial charge on any atom is 0.236 e. The SMILES string of the molecule is CN1C(=O)C(C)(C)c2cc(F)c(-c3cccnc3)cc21.CN1C(=O)C(C)(C)c2cc(F)c(-c3ccncc3)cc21. The number of rotatable bonds is 2. The molecule has 2 aliphatic heterocycles. The summed E-state index contributed by atoms with van der Waals surface area (Å²) < 4.78 is 28.7. The number of fused-ring (bicyclic) bond motifs is 2. The van der Waals surface area contributed by atoms with Crippen LogP contribution >= 0.6 is 0 Å². The first kappa shape index (κ1) is 27.1. The minimum absolute atomic E-state index is 0.0150. The zero-order valence-corrected chi connectivity index (χ0v) is 23.3. The van der Waals surface area contributed by atoms with Crippen LogP contribution in [0.5, 0.6) is 0 Å². The average molecular weight is 541 g/mol. The van der Waals surface area contributed by atoms with Crippen LogP contribution in [0.1, 0.15) is 38.8 Å². The van der Waals surface area contributed by atoms with E-state index in [1.54, 1.807) is 85.1 Å². The Kier molecular flexibility index (Phi) is 6.53. The van der Waals surface area contributed by atoms with Crippen LogP contribution in [0.4, 0.5) is 20.2 Å². The molecule has 6 rings (SSSR count). The third-order valence-electron chi connectivity index (χ3n) is 7.88. The summed E-state index contributed by atoms with van der Waals surface area (Å²) in [6, 6.07) is 13.5. The Balaban J connectivity index is 0.000000161. The van der Waals surface area contributed by atoms with Crippen molar-refractivity contribution in [1.29, 1.82) is 0 Å². The van der Waals surface area contributed by atoms with E-state index in [1.807, 2.05) is 27.7 Å². The lowest BCUT2D eigenvalue weighted by Crippen LogP contribution is -2.33. The zero-order chi connectivity index (χ0) is 29.0. The van der Waals surface area contributed by atoms with Crippen molar-refractivity contribution in [1.82, 2.24) is 9.97 Å². The van der Waals surface area contributed by atoms with Crippen molar-refractivity contribution < 1.29 is 18.4 Å². The molecule has 4 aromatic rings. The van der Waals surface area contributed by atoms with E-state index in [9.17, 15) is 18.4 Å². The van der Waals surface area contributed by atoms with Crippen molar-refractivity contribution in [3.8, 4) is 22.3 Å². The normalized spacial score (nSPS) is 16.4. The van der Waals surface area contributed by atoms with Gasteiger partial charge in [-0.1, -0.05) is 6.07 Å². The van der Waals surface area contributed by atoms with Crippen molar-refractivity contribution in [3.63, 3.8) is 0 Å². The van der Waals surface area contributed by atoms with Crippen LogP contribution in [-0.4, -0.2) is 35.9 Å². The Morgan fingerprint density at radius 3 is 1.57 bits per heavy atom. The molecule has 2 aliphatic rings. The summed E-state index contributed by atoms with van der Waals surface area (Å²) in [4.78, 5) is 35.6. The van der Waals surface area contributed by atoms with E-state index in [0.717, 1.165) is 28.1 Å². The molecule has 4 heterocycles. The molecule has 6 nitrogen and oxygen atoms in total. The van der Waals surface area contributed by atoms with E-state index < -0.39 is 10.8 Å². The van der Waals surface area contributed by atoms with Crippen LogP contribution in [0.2, 0.25) is 0 Å². The van der Waals surface area contributed by atoms with Crippen molar-refractivity contribution in [2.24, 2.45) is 0 Å². The summed E-state index contributed by atoms with van der Waals surface area (Å²) >= 11 is 0. The Bertz CT molecular complexity index is 1510. The maximum absolute atomic E-state index is 14.4. The number of nitrogens with zero attached hydrogens (tertiary/aromatic N) is 4. The van der Waals surface area contributed by atoms with Gasteiger partial charge in [0.25, 0.3) is 0 Å². The number of benzene rings is 2. The third kappa shape index (κ3) is 4.24. The molecule has 0 saturated carbocycles. The number of anilines is 2. The van der Waals surface area contributed by atoms with Crippen LogP contribution in [0.3, 0.4) is 0 Å². The van der Waals surface area contributed by atoms with Gasteiger partial charge in [-0.25, -0.2) is 8.78 Å². The summed E-state index contributed by atoms with van der Waals surface area (Å²) in [7, 11) is 3.45. The van der Waals surface area contributed by atoms with Gasteiger partial charge in [0.2, 0.25) is 11.8 Å². The molecule has 0 saturated heterocycles. The predicted octanol–water partition coefficient (Wildman–Crippen LogP) is 6.28. The summed E-state index contributed by atoms with van der Waals surface area (Å²) in [5.41, 5.74) is 4.06. The molecule has 204 valence electrons. The number of hydrogen-bond acceptors (Lipinski definition) is 4. The van der Waals surface area contributed by atoms with Crippen molar-refractivity contribution >= 4 is 23.2 Å². The lowest BCUT2D eigenvalue weighted by molar-refractivity contribution is -0.122. The number of amides is 2. The molecule has 0 unspecified atom stereocenters. The Hall–Kier alpha value is -4.46. The maximum atomic E-state index is 14.4. The number of likely N-dealkylation sites (N-methyl/N-ethyl adjacent to an activating group) is 2. The lowest BCUT2D eigenvalue weighted by Gasteiger charge is -2.16. The standard InChI is InChI=1S/2C16H15FN2O/c1-16(2)12-9-13(17)11(10-4-6-18-7-5-10)8-14(12)19(3)15(16)20;1-16(2)12-8-13(17)11(10-5-4-6-18-9-10)7-14(12)19(3)15(16)20/h2*4-9H,1-3H3. The van der Waals surface area contributed by atoms with Crippen LogP contribution in [-0.2, 0) is 20.4 Å². The fourth-order valence-corrected chi connectivity index (χ4v) is 5.46. The minimum Gasteiger partial charge on any atom is -0.314 e. The molecule has 0 bridgehead atoms. The Labute approximate surface area is 232 Å². The average Bonchev–Trinajstić information content (AvgIpc) is 3.22. The van der Waals surface area contributed by atoms with E-state index in [4.69, 9.17) is 0 Å². The fourth-order valence-electron chi connectivity index (χ4n) is 5.46. The number of carbonyl (C=O) groups is 2. The first-order valence-electron chi connectivity index (χ1n) is 12.9. The van der Waals surface area contributed by atoms with E-state index >= 15 is 0 Å². The van der Waals surface area contributed by atoms with E-state index in [0.29, 0.717) is 16.7 Å². The third-order valence-corrected chi connectivity index (χ3v) is 7.88. The summed E-state index contributed by atoms with van der Waals surface area (Å²) in [6.07, 6.45) is 6.52. The summed E-state index contributed by atoms with van der Waals surface area (Å²) in [5.74, 6) is -0.673. The second kappa shape index (κ2) is 9.62. The first-order chi connectivity index (χ1) is 18.9. The Morgan fingerprint density at radius 2 is 1.12 bits per heavy atom. The van der Waals surface area contributed by atoms with Crippen molar-refractivity contribution in [3.05, 3.63) is 96.1 Å². The highest BCUT2D eigenvalue weighted by atomic mass is 19.1. The molecule has 2 aromatic carbocycles. The van der Waals surface area contributed by atoms with Crippen LogP contribution in [0.15, 0.2) is 73.3 Å². The van der Waals surface area contributed by atoms with Gasteiger partial charge in [-0.3, -0.25) is 19.6 Å². The van der Waals surface area contributed by atoms with Crippen LogP contribution in [0, 0.1) is 11.6 Å². The van der Waals surface area contributed by atoms with Gasteiger partial charge in [0.05, 0.1) is 10.8 Å². The smallest absolute Gasteiger partial charge is 0.236 e. The molecule has 2 aromatic heterocycles. The van der Waals surface area contributed by atoms with Crippen molar-refractivity contribution in [2.75, 3.05) is 23.9 Å². The molecular formula is C32H30F2N4O2. The van der Waals surface area contributed by atoms with Gasteiger partial charge in [-0.15, -0.1) is 0 Å². The molecular weight excluding hydrogens is 510 g/mol. The molecule has 0 N–H and O–H groups in total. The quantitative estimate of drug-likeness (QED) is 0.300. The molecule has 0 spiro atoms. The van der Waals surface area contributed by atoms with Gasteiger partial charge >= 0.3 is 0 Å². The van der Waals surface area contributed by atoms with Gasteiger partial charge in [0, 0.05) is 66.9 Å². The molecule has 40 heavy (non-hydrogen) atoms. The highest BCUT2D eigenvalue weighted by Crippen LogP contribution is 2.44. The number of aromatic nitrogens is 2. The lowest BCUT2D eigenvalue weighted by atomic mass is 9.85. The molecule has 8 heteroatoms. The molecule has 0 fully saturated rings. The number of carbonyl (C=O) groups excluding carboxylic acids is 2. The van der Waals surface area contributed by atoms with E-state index in [2.05, 4.69) is 9.97 Å². The Morgan fingerprint density at radius 1 is 0.650 bits per heavy atom. The highest BCUT2D eigenvalue weighted by Gasteiger charge is 2.44.